The molecule has 0 atom stereocenters. The van der Waals surface area contributed by atoms with Crippen molar-refractivity contribution >= 4 is 55.6 Å². The van der Waals surface area contributed by atoms with E-state index in [4.69, 9.17) is 17.0 Å². The quantitative estimate of drug-likeness (QED) is 0.784. The van der Waals surface area contributed by atoms with Crippen molar-refractivity contribution < 1.29 is 4.74 Å². The van der Waals surface area contributed by atoms with E-state index in [0.717, 1.165) is 36.0 Å². The normalized spacial score (nSPS) is 18.2. The molecule has 6 heteroatoms. The second kappa shape index (κ2) is 4.80. The molecular formula is C10H11NOS4. The van der Waals surface area contributed by atoms with Gasteiger partial charge in [0.05, 0.1) is 22.6 Å². The molecule has 1 aliphatic rings. The van der Waals surface area contributed by atoms with Crippen LogP contribution in [0.2, 0.25) is 0 Å². The largest absolute Gasteiger partial charge is 0.379 e. The molecule has 86 valence electrons. The zero-order chi connectivity index (χ0) is 11.0. The summed E-state index contributed by atoms with van der Waals surface area (Å²) in [7, 11) is 0. The summed E-state index contributed by atoms with van der Waals surface area (Å²) in [6, 6.07) is 0. The van der Waals surface area contributed by atoms with E-state index in [-0.39, 0.29) is 0 Å². The van der Waals surface area contributed by atoms with E-state index < -0.39 is 0 Å². The van der Waals surface area contributed by atoms with Gasteiger partial charge in [0.25, 0.3) is 0 Å². The minimum atomic E-state index is 0.869. The van der Waals surface area contributed by atoms with Gasteiger partial charge in [-0.2, -0.15) is 0 Å². The molecule has 1 saturated heterocycles. The third kappa shape index (κ3) is 2.23. The van der Waals surface area contributed by atoms with Gasteiger partial charge in [0.2, 0.25) is 0 Å². The monoisotopic (exact) mass is 289 g/mol. The van der Waals surface area contributed by atoms with Gasteiger partial charge < -0.3 is 4.74 Å². The summed E-state index contributed by atoms with van der Waals surface area (Å²) in [6.45, 7) is 4.89. The Morgan fingerprint density at radius 3 is 2.94 bits per heavy atom. The first-order valence-corrected chi connectivity index (χ1v) is 8.05. The molecule has 0 aromatic carbocycles. The molecule has 16 heavy (non-hydrogen) atoms. The number of rotatable bonds is 2. The lowest BCUT2D eigenvalue weighted by Crippen LogP contribution is -2.35. The van der Waals surface area contributed by atoms with Crippen LogP contribution >= 0.6 is 46.2 Å². The molecule has 3 rings (SSSR count). The van der Waals surface area contributed by atoms with Crippen molar-refractivity contribution in [1.82, 2.24) is 4.90 Å². The van der Waals surface area contributed by atoms with E-state index in [0.29, 0.717) is 0 Å². The molecule has 0 N–H and O–H groups in total. The molecule has 0 spiro atoms. The summed E-state index contributed by atoms with van der Waals surface area (Å²) < 4.78 is 9.18. The van der Waals surface area contributed by atoms with Crippen LogP contribution in [-0.4, -0.2) is 31.2 Å². The van der Waals surface area contributed by atoms with Crippen molar-refractivity contribution in [3.05, 3.63) is 13.4 Å². The highest BCUT2D eigenvalue weighted by atomic mass is 32.2. The number of ether oxygens (including phenoxy) is 1. The third-order valence-corrected chi connectivity index (χ3v) is 6.56. The molecular weight excluding hydrogens is 278 g/mol. The van der Waals surface area contributed by atoms with E-state index >= 15 is 0 Å². The van der Waals surface area contributed by atoms with Crippen molar-refractivity contribution in [2.75, 3.05) is 26.3 Å². The SMILES string of the molecule is S=c1sc2csc(CN3CCOCC3)c2s1. The number of morpholine rings is 1. The van der Waals surface area contributed by atoms with Crippen LogP contribution in [0.5, 0.6) is 0 Å². The van der Waals surface area contributed by atoms with Crippen LogP contribution in [0.3, 0.4) is 0 Å². The average molecular weight is 289 g/mol. The maximum Gasteiger partial charge on any atom is 0.144 e. The molecule has 1 aliphatic heterocycles. The van der Waals surface area contributed by atoms with Gasteiger partial charge >= 0.3 is 0 Å². The number of hydrogen-bond donors (Lipinski definition) is 0. The van der Waals surface area contributed by atoms with Crippen molar-refractivity contribution in [2.45, 2.75) is 6.54 Å². The minimum absolute atomic E-state index is 0.869. The summed E-state index contributed by atoms with van der Waals surface area (Å²) in [6.07, 6.45) is 0. The van der Waals surface area contributed by atoms with E-state index in [1.54, 1.807) is 22.7 Å². The van der Waals surface area contributed by atoms with E-state index in [9.17, 15) is 0 Å². The Balaban J connectivity index is 1.84. The maximum atomic E-state index is 5.36. The predicted octanol–water partition coefficient (Wildman–Crippen LogP) is 3.59. The van der Waals surface area contributed by atoms with Crippen LogP contribution in [0.15, 0.2) is 5.38 Å². The number of hydrogen-bond acceptors (Lipinski definition) is 6. The Hall–Kier alpha value is 0.150. The van der Waals surface area contributed by atoms with Crippen LogP contribution in [0, 0.1) is 3.14 Å². The van der Waals surface area contributed by atoms with Crippen LogP contribution in [-0.2, 0) is 11.3 Å². The highest BCUT2D eigenvalue weighted by molar-refractivity contribution is 7.77. The molecule has 0 unspecified atom stereocenters. The molecule has 2 nitrogen and oxygen atoms in total. The third-order valence-electron chi connectivity index (χ3n) is 2.63. The Kier molecular flexibility index (Phi) is 3.37. The van der Waals surface area contributed by atoms with Gasteiger partial charge in [-0.1, -0.05) is 12.2 Å². The van der Waals surface area contributed by atoms with Crippen molar-refractivity contribution in [3.8, 4) is 0 Å². The van der Waals surface area contributed by atoms with Crippen molar-refractivity contribution in [3.63, 3.8) is 0 Å². The summed E-state index contributed by atoms with van der Waals surface area (Å²) in [5.41, 5.74) is 0. The fourth-order valence-corrected chi connectivity index (χ4v) is 5.75. The average Bonchev–Trinajstić information content (AvgIpc) is 2.81. The summed E-state index contributed by atoms with van der Waals surface area (Å²) in [4.78, 5) is 3.93. The molecule has 0 bridgehead atoms. The maximum absolute atomic E-state index is 5.36. The van der Waals surface area contributed by atoms with Crippen LogP contribution < -0.4 is 0 Å². The zero-order valence-corrected chi connectivity index (χ0v) is 11.9. The second-order valence-corrected chi connectivity index (χ2v) is 7.92. The molecule has 0 saturated carbocycles. The number of nitrogens with zero attached hydrogens (tertiary/aromatic N) is 1. The highest BCUT2D eigenvalue weighted by Gasteiger charge is 2.14. The first-order chi connectivity index (χ1) is 7.83. The molecule has 0 amide bonds. The standard InChI is InChI=1S/C10H11NOS4/c13-10-15-8-6-14-7(9(8)16-10)5-11-1-3-12-4-2-11/h6H,1-5H2. The summed E-state index contributed by atoms with van der Waals surface area (Å²) >= 11 is 10.6. The van der Waals surface area contributed by atoms with Gasteiger partial charge in [-0.25, -0.2) is 0 Å². The lowest BCUT2D eigenvalue weighted by atomic mass is 10.3. The molecule has 2 aromatic rings. The fraction of sp³-hybridized carbons (Fsp3) is 0.500. The van der Waals surface area contributed by atoms with E-state index in [1.165, 1.54) is 14.3 Å². The molecule has 2 aromatic heterocycles. The molecule has 3 heterocycles. The summed E-state index contributed by atoms with van der Waals surface area (Å²) in [5.74, 6) is 0. The van der Waals surface area contributed by atoms with Gasteiger partial charge in [-0.3, -0.25) is 4.90 Å². The summed E-state index contributed by atoms with van der Waals surface area (Å²) in [5, 5.41) is 2.24. The minimum Gasteiger partial charge on any atom is -0.379 e. The molecule has 0 radical (unpaired) electrons. The smallest absolute Gasteiger partial charge is 0.144 e. The Morgan fingerprint density at radius 2 is 2.12 bits per heavy atom. The first kappa shape index (κ1) is 11.3. The lowest BCUT2D eigenvalue weighted by molar-refractivity contribution is 0.0348. The fourth-order valence-electron chi connectivity index (χ4n) is 1.81. The van der Waals surface area contributed by atoms with Gasteiger partial charge in [0.1, 0.15) is 3.14 Å². The first-order valence-electron chi connectivity index (χ1n) is 5.13. The van der Waals surface area contributed by atoms with E-state index in [1.807, 2.05) is 11.3 Å². The van der Waals surface area contributed by atoms with Crippen LogP contribution in [0.4, 0.5) is 0 Å². The Labute approximate surface area is 111 Å². The topological polar surface area (TPSA) is 12.5 Å². The number of thiophene rings is 1. The molecule has 1 fully saturated rings. The Bertz CT molecular complexity index is 534. The van der Waals surface area contributed by atoms with Crippen molar-refractivity contribution in [1.29, 1.82) is 0 Å². The van der Waals surface area contributed by atoms with Crippen LogP contribution in [0.25, 0.3) is 9.40 Å². The molecule has 0 aliphatic carbocycles. The van der Waals surface area contributed by atoms with Gasteiger partial charge in [0.15, 0.2) is 0 Å². The Morgan fingerprint density at radius 1 is 1.31 bits per heavy atom. The second-order valence-electron chi connectivity index (χ2n) is 3.69. The zero-order valence-electron chi connectivity index (χ0n) is 8.60. The highest BCUT2D eigenvalue weighted by Crippen LogP contribution is 2.36. The lowest BCUT2D eigenvalue weighted by Gasteiger charge is -2.25. The van der Waals surface area contributed by atoms with E-state index in [2.05, 4.69) is 10.3 Å². The van der Waals surface area contributed by atoms with Crippen molar-refractivity contribution in [2.24, 2.45) is 0 Å². The van der Waals surface area contributed by atoms with Gasteiger partial charge in [-0.05, 0) is 0 Å². The number of fused-ring (bicyclic) bond motifs is 1. The van der Waals surface area contributed by atoms with Gasteiger partial charge in [0, 0.05) is 29.9 Å². The van der Waals surface area contributed by atoms with Crippen LogP contribution in [0.1, 0.15) is 4.88 Å². The predicted molar refractivity (Wildman–Crippen MR) is 74.5 cm³/mol. The van der Waals surface area contributed by atoms with Gasteiger partial charge in [-0.15, -0.1) is 34.0 Å².